The van der Waals surface area contributed by atoms with E-state index >= 15 is 0 Å². The van der Waals surface area contributed by atoms with E-state index in [0.717, 1.165) is 13.1 Å². The molecule has 1 fully saturated rings. The molecule has 1 N–H and O–H groups in total. The van der Waals surface area contributed by atoms with Crippen LogP contribution in [0.2, 0.25) is 0 Å². The van der Waals surface area contributed by atoms with Crippen molar-refractivity contribution in [2.45, 2.75) is 39.3 Å². The molecule has 0 aliphatic carbocycles. The first-order chi connectivity index (χ1) is 11.3. The van der Waals surface area contributed by atoms with Gasteiger partial charge in [-0.2, -0.15) is 0 Å². The molecule has 0 radical (unpaired) electrons. The number of hydrogen-bond donors (Lipinski definition) is 1. The smallest absolute Gasteiger partial charge is 0.408 e. The van der Waals surface area contributed by atoms with Crippen molar-refractivity contribution >= 4 is 17.7 Å². The highest BCUT2D eigenvalue weighted by molar-refractivity contribution is 5.85. The Morgan fingerprint density at radius 3 is 2.21 bits per heavy atom. The summed E-state index contributed by atoms with van der Waals surface area (Å²) in [6.07, 6.45) is -0.564. The average Bonchev–Trinajstić information content (AvgIpc) is 2.53. The zero-order valence-corrected chi connectivity index (χ0v) is 14.9. The monoisotopic (exact) mass is 333 g/mol. The molecule has 1 heterocycles. The van der Waals surface area contributed by atoms with Crippen LogP contribution < -0.4 is 10.2 Å². The van der Waals surface area contributed by atoms with Gasteiger partial charge < -0.3 is 19.9 Å². The minimum absolute atomic E-state index is 0.0754. The molecule has 0 bridgehead atoms. The van der Waals surface area contributed by atoms with E-state index in [1.54, 1.807) is 32.6 Å². The Bertz CT molecular complexity index is 561. The zero-order chi connectivity index (χ0) is 17.7. The van der Waals surface area contributed by atoms with Crippen LogP contribution in [0.5, 0.6) is 0 Å². The maximum Gasteiger partial charge on any atom is 0.408 e. The van der Waals surface area contributed by atoms with Crippen LogP contribution in [0.3, 0.4) is 0 Å². The Balaban J connectivity index is 1.82. The van der Waals surface area contributed by atoms with Crippen molar-refractivity contribution in [2.75, 3.05) is 31.1 Å². The van der Waals surface area contributed by atoms with Gasteiger partial charge in [-0.25, -0.2) is 4.79 Å². The fraction of sp³-hybridized carbons (Fsp3) is 0.556. The molecule has 1 aliphatic heterocycles. The maximum atomic E-state index is 12.5. The number of benzene rings is 1. The molecule has 24 heavy (non-hydrogen) atoms. The van der Waals surface area contributed by atoms with E-state index in [2.05, 4.69) is 22.3 Å². The van der Waals surface area contributed by atoms with E-state index in [9.17, 15) is 9.59 Å². The molecule has 6 nitrogen and oxygen atoms in total. The van der Waals surface area contributed by atoms with Crippen LogP contribution >= 0.6 is 0 Å². The van der Waals surface area contributed by atoms with Gasteiger partial charge >= 0.3 is 6.09 Å². The molecule has 132 valence electrons. The summed E-state index contributed by atoms with van der Waals surface area (Å²) >= 11 is 0. The van der Waals surface area contributed by atoms with Gasteiger partial charge in [-0.3, -0.25) is 4.79 Å². The minimum atomic E-state index is -0.594. The molecule has 2 rings (SSSR count). The van der Waals surface area contributed by atoms with Crippen molar-refractivity contribution in [1.29, 1.82) is 0 Å². The lowest BCUT2D eigenvalue weighted by Crippen LogP contribution is -2.54. The summed E-state index contributed by atoms with van der Waals surface area (Å²) in [5, 5.41) is 2.61. The number of hydrogen-bond acceptors (Lipinski definition) is 4. The van der Waals surface area contributed by atoms with Gasteiger partial charge in [0.2, 0.25) is 5.91 Å². The number of nitrogens with one attached hydrogen (secondary N) is 1. The quantitative estimate of drug-likeness (QED) is 0.921. The number of carbonyl (C=O) groups excluding carboxylic acids is 2. The van der Waals surface area contributed by atoms with Gasteiger partial charge in [0.15, 0.2) is 0 Å². The number of rotatable bonds is 3. The molecule has 1 aromatic carbocycles. The minimum Gasteiger partial charge on any atom is -0.444 e. The molecule has 1 aliphatic rings. The lowest BCUT2D eigenvalue weighted by molar-refractivity contribution is -0.133. The van der Waals surface area contributed by atoms with Crippen LogP contribution in [0, 0.1) is 0 Å². The number of amides is 2. The highest BCUT2D eigenvalue weighted by atomic mass is 16.6. The van der Waals surface area contributed by atoms with Crippen LogP contribution in [0.1, 0.15) is 27.7 Å². The van der Waals surface area contributed by atoms with Crippen molar-refractivity contribution < 1.29 is 14.3 Å². The Morgan fingerprint density at radius 2 is 1.67 bits per heavy atom. The van der Waals surface area contributed by atoms with Gasteiger partial charge in [-0.1, -0.05) is 18.2 Å². The summed E-state index contributed by atoms with van der Waals surface area (Å²) in [7, 11) is 0. The average molecular weight is 333 g/mol. The number of alkyl carbamates (subject to hydrolysis) is 1. The van der Waals surface area contributed by atoms with Crippen molar-refractivity contribution in [3.63, 3.8) is 0 Å². The highest BCUT2D eigenvalue weighted by Gasteiger charge is 2.27. The van der Waals surface area contributed by atoms with E-state index < -0.39 is 17.7 Å². The van der Waals surface area contributed by atoms with Crippen LogP contribution in [0.15, 0.2) is 30.3 Å². The summed E-state index contributed by atoms with van der Waals surface area (Å²) in [5.74, 6) is -0.0754. The van der Waals surface area contributed by atoms with Crippen molar-refractivity contribution in [1.82, 2.24) is 10.2 Å². The highest BCUT2D eigenvalue weighted by Crippen LogP contribution is 2.16. The molecular weight excluding hydrogens is 306 g/mol. The Kier molecular flexibility index (Phi) is 5.70. The van der Waals surface area contributed by atoms with Crippen LogP contribution in [-0.2, 0) is 9.53 Å². The van der Waals surface area contributed by atoms with E-state index in [-0.39, 0.29) is 5.91 Å². The first kappa shape index (κ1) is 18.1. The van der Waals surface area contributed by atoms with Crippen LogP contribution in [-0.4, -0.2) is 54.7 Å². The molecule has 0 aromatic heterocycles. The lowest BCUT2D eigenvalue weighted by Gasteiger charge is -2.37. The number of ether oxygens (including phenoxy) is 1. The Morgan fingerprint density at radius 1 is 1.08 bits per heavy atom. The predicted molar refractivity (Wildman–Crippen MR) is 94.1 cm³/mol. The number of piperazine rings is 1. The summed E-state index contributed by atoms with van der Waals surface area (Å²) < 4.78 is 5.19. The number of carbonyl (C=O) groups is 2. The van der Waals surface area contributed by atoms with Gasteiger partial charge in [0.1, 0.15) is 11.6 Å². The standard InChI is InChI=1S/C18H27N3O3/c1-14(19-17(23)24-18(2,3)4)16(22)21-12-10-20(11-13-21)15-8-6-5-7-9-15/h5-9,14H,10-13H2,1-4H3,(H,19,23)/t14-/m0/s1. The van der Waals surface area contributed by atoms with Gasteiger partial charge in [-0.05, 0) is 39.8 Å². The van der Waals surface area contributed by atoms with E-state index in [0.29, 0.717) is 13.1 Å². The van der Waals surface area contributed by atoms with Crippen molar-refractivity contribution in [3.05, 3.63) is 30.3 Å². The second kappa shape index (κ2) is 7.55. The third kappa shape index (κ3) is 5.15. The molecule has 1 saturated heterocycles. The van der Waals surface area contributed by atoms with Crippen LogP contribution in [0.4, 0.5) is 10.5 Å². The second-order valence-corrected chi connectivity index (χ2v) is 7.02. The Labute approximate surface area is 143 Å². The van der Waals surface area contributed by atoms with Crippen molar-refractivity contribution in [2.24, 2.45) is 0 Å². The topological polar surface area (TPSA) is 61.9 Å². The first-order valence-electron chi connectivity index (χ1n) is 8.34. The first-order valence-corrected chi connectivity index (χ1v) is 8.34. The Hall–Kier alpha value is -2.24. The van der Waals surface area contributed by atoms with Gasteiger partial charge in [0.05, 0.1) is 0 Å². The van der Waals surface area contributed by atoms with E-state index in [4.69, 9.17) is 4.74 Å². The van der Waals surface area contributed by atoms with Crippen molar-refractivity contribution in [3.8, 4) is 0 Å². The third-order valence-electron chi connectivity index (χ3n) is 3.82. The molecular formula is C18H27N3O3. The molecule has 1 aromatic rings. The van der Waals surface area contributed by atoms with Gasteiger partial charge in [-0.15, -0.1) is 0 Å². The number of para-hydroxylation sites is 1. The lowest BCUT2D eigenvalue weighted by atomic mass is 10.2. The summed E-state index contributed by atoms with van der Waals surface area (Å²) in [5.41, 5.74) is 0.596. The summed E-state index contributed by atoms with van der Waals surface area (Å²) in [6.45, 7) is 9.94. The van der Waals surface area contributed by atoms with Gasteiger partial charge in [0, 0.05) is 31.9 Å². The van der Waals surface area contributed by atoms with Gasteiger partial charge in [0.25, 0.3) is 0 Å². The molecule has 0 spiro atoms. The molecule has 1 atom stereocenters. The van der Waals surface area contributed by atoms with E-state index in [1.807, 2.05) is 18.2 Å². The largest absolute Gasteiger partial charge is 0.444 e. The fourth-order valence-electron chi connectivity index (χ4n) is 2.64. The molecule has 6 heteroatoms. The number of anilines is 1. The fourth-order valence-corrected chi connectivity index (χ4v) is 2.64. The third-order valence-corrected chi connectivity index (χ3v) is 3.82. The zero-order valence-electron chi connectivity index (χ0n) is 14.9. The molecule has 2 amide bonds. The predicted octanol–water partition coefficient (Wildman–Crippen LogP) is 2.25. The summed E-state index contributed by atoms with van der Waals surface area (Å²) in [4.78, 5) is 28.3. The second-order valence-electron chi connectivity index (χ2n) is 7.02. The summed E-state index contributed by atoms with van der Waals surface area (Å²) in [6, 6.07) is 9.57. The maximum absolute atomic E-state index is 12.5. The SMILES string of the molecule is C[C@H](NC(=O)OC(C)(C)C)C(=O)N1CCN(c2ccccc2)CC1. The number of nitrogens with zero attached hydrogens (tertiary/aromatic N) is 2. The normalized spacial score (nSPS) is 16.5. The van der Waals surface area contributed by atoms with Crippen LogP contribution in [0.25, 0.3) is 0 Å². The molecule has 0 unspecified atom stereocenters. The molecule has 0 saturated carbocycles. The van der Waals surface area contributed by atoms with E-state index in [1.165, 1.54) is 5.69 Å².